The van der Waals surface area contributed by atoms with Gasteiger partial charge in [-0.05, 0) is 48.4 Å². The molecule has 1 saturated carbocycles. The zero-order valence-electron chi connectivity index (χ0n) is 13.1. The van der Waals surface area contributed by atoms with Crippen molar-refractivity contribution in [2.24, 2.45) is 4.99 Å². The third-order valence-electron chi connectivity index (χ3n) is 5.26. The molecule has 1 spiro atoms. The van der Waals surface area contributed by atoms with E-state index in [1.54, 1.807) is 0 Å². The van der Waals surface area contributed by atoms with Crippen molar-refractivity contribution in [1.29, 1.82) is 0 Å². The number of nitro benzene ring substituents is 1. The summed E-state index contributed by atoms with van der Waals surface area (Å²) in [6.45, 7) is 0. The van der Waals surface area contributed by atoms with Crippen LogP contribution in [0.1, 0.15) is 42.7 Å². The molecule has 2 aliphatic rings. The van der Waals surface area contributed by atoms with Crippen LogP contribution in [0.2, 0.25) is 0 Å². The molecule has 0 bridgehead atoms. The molecule has 2 atom stereocenters. The number of nitrogens with zero attached hydrogens (tertiary/aromatic N) is 2. The van der Waals surface area contributed by atoms with Crippen LogP contribution in [0, 0.1) is 15.9 Å². The van der Waals surface area contributed by atoms with Crippen LogP contribution in [0.15, 0.2) is 47.5 Å². The average molecular weight is 324 g/mol. The van der Waals surface area contributed by atoms with Gasteiger partial charge in [-0.3, -0.25) is 15.1 Å². The van der Waals surface area contributed by atoms with E-state index in [1.165, 1.54) is 17.7 Å². The van der Waals surface area contributed by atoms with Gasteiger partial charge in [-0.25, -0.2) is 4.39 Å². The van der Waals surface area contributed by atoms with E-state index in [9.17, 15) is 14.5 Å². The van der Waals surface area contributed by atoms with Gasteiger partial charge in [-0.15, -0.1) is 0 Å². The van der Waals surface area contributed by atoms with Gasteiger partial charge < -0.3 is 0 Å². The first kappa shape index (κ1) is 15.0. The Labute approximate surface area is 139 Å². The molecule has 2 unspecified atom stereocenters. The summed E-state index contributed by atoms with van der Waals surface area (Å²) in [6.07, 6.45) is 5.76. The van der Waals surface area contributed by atoms with Gasteiger partial charge in [0.1, 0.15) is 5.82 Å². The highest BCUT2D eigenvalue weighted by molar-refractivity contribution is 5.85. The van der Waals surface area contributed by atoms with Crippen molar-refractivity contribution >= 4 is 17.6 Å². The molecule has 24 heavy (non-hydrogen) atoms. The second kappa shape index (κ2) is 5.51. The molecule has 0 aromatic heterocycles. The lowest BCUT2D eigenvalue weighted by molar-refractivity contribution is -0.385. The maximum absolute atomic E-state index is 13.8. The van der Waals surface area contributed by atoms with Gasteiger partial charge in [0, 0.05) is 17.7 Å². The van der Waals surface area contributed by atoms with E-state index in [2.05, 4.69) is 11.1 Å². The zero-order chi connectivity index (χ0) is 16.7. The lowest BCUT2D eigenvalue weighted by Gasteiger charge is -2.37. The molecule has 122 valence electrons. The second-order valence-corrected chi connectivity index (χ2v) is 6.72. The third-order valence-corrected chi connectivity index (χ3v) is 5.26. The highest BCUT2D eigenvalue weighted by Crippen LogP contribution is 2.50. The fourth-order valence-electron chi connectivity index (χ4n) is 4.16. The minimum Gasteiger partial charge on any atom is -0.260 e. The third kappa shape index (κ3) is 2.40. The van der Waals surface area contributed by atoms with Crippen LogP contribution in [0.25, 0.3) is 0 Å². The number of halogens is 1. The molecule has 1 aliphatic heterocycles. The summed E-state index contributed by atoms with van der Waals surface area (Å²) in [5, 5.41) is 11.0. The Morgan fingerprint density at radius 3 is 2.92 bits per heavy atom. The molecule has 2 aromatic rings. The van der Waals surface area contributed by atoms with Crippen molar-refractivity contribution in [2.75, 3.05) is 0 Å². The summed E-state index contributed by atoms with van der Waals surface area (Å²) in [7, 11) is 0. The Hall–Kier alpha value is -2.56. The van der Waals surface area contributed by atoms with Crippen LogP contribution in [0.3, 0.4) is 0 Å². The van der Waals surface area contributed by atoms with Crippen molar-refractivity contribution in [2.45, 2.75) is 37.0 Å². The van der Waals surface area contributed by atoms with Gasteiger partial charge in [-0.1, -0.05) is 24.6 Å². The summed E-state index contributed by atoms with van der Waals surface area (Å²) in [6, 6.07) is 12.1. The van der Waals surface area contributed by atoms with Gasteiger partial charge in [0.05, 0.1) is 16.7 Å². The predicted molar refractivity (Wildman–Crippen MR) is 90.5 cm³/mol. The van der Waals surface area contributed by atoms with Crippen molar-refractivity contribution < 1.29 is 9.31 Å². The Bertz CT molecular complexity index is 849. The number of hydrogen-bond donors (Lipinski definition) is 0. The van der Waals surface area contributed by atoms with Crippen molar-refractivity contribution in [1.82, 2.24) is 0 Å². The molecule has 0 radical (unpaired) electrons. The summed E-state index contributed by atoms with van der Waals surface area (Å²) in [5.41, 5.74) is 2.65. The molecule has 1 fully saturated rings. The monoisotopic (exact) mass is 324 g/mol. The molecule has 0 saturated heterocycles. The van der Waals surface area contributed by atoms with Crippen LogP contribution in [0.4, 0.5) is 15.8 Å². The molecule has 1 heterocycles. The molecule has 0 amide bonds. The molecule has 0 N–H and O–H groups in total. The minimum atomic E-state index is -0.542. The van der Waals surface area contributed by atoms with Crippen LogP contribution in [-0.2, 0) is 5.41 Å². The van der Waals surface area contributed by atoms with Crippen LogP contribution in [-0.4, -0.2) is 11.1 Å². The SMILES string of the molecule is O=[N+]([O-])c1cc(F)cc(C2CCCC3(C=Nc4ccccc43)C2)c1. The van der Waals surface area contributed by atoms with Crippen LogP contribution < -0.4 is 0 Å². The fourth-order valence-corrected chi connectivity index (χ4v) is 4.16. The van der Waals surface area contributed by atoms with Crippen molar-refractivity contribution in [3.63, 3.8) is 0 Å². The average Bonchev–Trinajstić information content (AvgIpc) is 2.93. The smallest absolute Gasteiger partial charge is 0.260 e. The van der Waals surface area contributed by atoms with Crippen molar-refractivity contribution in [3.05, 3.63) is 69.5 Å². The van der Waals surface area contributed by atoms with E-state index in [1.807, 2.05) is 24.4 Å². The number of hydrogen-bond acceptors (Lipinski definition) is 3. The number of para-hydroxylation sites is 1. The van der Waals surface area contributed by atoms with Crippen LogP contribution in [0.5, 0.6) is 0 Å². The second-order valence-electron chi connectivity index (χ2n) is 6.72. The lowest BCUT2D eigenvalue weighted by Crippen LogP contribution is -2.32. The molecule has 4 rings (SSSR count). The van der Waals surface area contributed by atoms with E-state index < -0.39 is 10.7 Å². The first-order chi connectivity index (χ1) is 11.6. The molecule has 1 aliphatic carbocycles. The Balaban J connectivity index is 1.70. The summed E-state index contributed by atoms with van der Waals surface area (Å²) >= 11 is 0. The van der Waals surface area contributed by atoms with Gasteiger partial charge in [0.2, 0.25) is 0 Å². The Morgan fingerprint density at radius 1 is 1.25 bits per heavy atom. The fraction of sp³-hybridized carbons (Fsp3) is 0.316. The number of rotatable bonds is 2. The summed E-state index contributed by atoms with van der Waals surface area (Å²) in [5.74, 6) is -0.440. The van der Waals surface area contributed by atoms with E-state index in [0.717, 1.165) is 43.0 Å². The largest absolute Gasteiger partial charge is 0.272 e. The molecule has 2 aromatic carbocycles. The molecule has 5 heteroatoms. The van der Waals surface area contributed by atoms with E-state index in [4.69, 9.17) is 0 Å². The zero-order valence-corrected chi connectivity index (χ0v) is 13.1. The number of nitro groups is 1. The van der Waals surface area contributed by atoms with E-state index in [-0.39, 0.29) is 17.0 Å². The van der Waals surface area contributed by atoms with Gasteiger partial charge in [0.25, 0.3) is 5.69 Å². The number of aliphatic imine (C=N–C) groups is 1. The maximum Gasteiger partial charge on any atom is 0.272 e. The normalized spacial score (nSPS) is 25.0. The quantitative estimate of drug-likeness (QED) is 0.573. The summed E-state index contributed by atoms with van der Waals surface area (Å²) < 4.78 is 13.8. The maximum atomic E-state index is 13.8. The van der Waals surface area contributed by atoms with Gasteiger partial charge >= 0.3 is 0 Å². The minimum absolute atomic E-state index is 0.103. The highest BCUT2D eigenvalue weighted by atomic mass is 19.1. The van der Waals surface area contributed by atoms with Crippen molar-refractivity contribution in [3.8, 4) is 0 Å². The molecule has 4 nitrogen and oxygen atoms in total. The number of fused-ring (bicyclic) bond motifs is 2. The topological polar surface area (TPSA) is 55.5 Å². The van der Waals surface area contributed by atoms with Gasteiger partial charge in [0.15, 0.2) is 0 Å². The Kier molecular flexibility index (Phi) is 3.44. The van der Waals surface area contributed by atoms with E-state index in [0.29, 0.717) is 0 Å². The molecular weight excluding hydrogens is 307 g/mol. The Morgan fingerprint density at radius 2 is 2.08 bits per heavy atom. The van der Waals surface area contributed by atoms with Gasteiger partial charge in [-0.2, -0.15) is 0 Å². The number of benzene rings is 2. The summed E-state index contributed by atoms with van der Waals surface area (Å²) in [4.78, 5) is 15.0. The number of non-ortho nitro benzene ring substituents is 1. The standard InChI is InChI=1S/C19H17FN2O2/c20-15-8-14(9-16(10-15)22(23)24)13-4-3-7-19(11-13)12-21-18-6-2-1-5-17(18)19/h1-2,5-6,8-10,12-13H,3-4,7,11H2. The van der Waals surface area contributed by atoms with E-state index >= 15 is 0 Å². The predicted octanol–water partition coefficient (Wildman–Crippen LogP) is 5.05. The highest BCUT2D eigenvalue weighted by Gasteiger charge is 2.41. The first-order valence-corrected chi connectivity index (χ1v) is 8.17. The lowest BCUT2D eigenvalue weighted by atomic mass is 9.65. The first-order valence-electron chi connectivity index (χ1n) is 8.17. The molecular formula is C19H17FN2O2. The van der Waals surface area contributed by atoms with Crippen LogP contribution >= 0.6 is 0 Å².